The molecule has 0 aromatic rings. The maximum Gasteiger partial charge on any atom is 0.133 e. The van der Waals surface area contributed by atoms with Crippen molar-refractivity contribution in [3.05, 3.63) is 12.2 Å². The fourth-order valence-electron chi connectivity index (χ4n) is 8.98. The zero-order valence-electron chi connectivity index (χ0n) is 19.9. The lowest BCUT2D eigenvalue weighted by molar-refractivity contribution is -0.491. The van der Waals surface area contributed by atoms with Crippen molar-refractivity contribution in [3.63, 3.8) is 0 Å². The number of hydrogen-bond acceptors (Lipinski definition) is 3. The minimum absolute atomic E-state index is 0.104. The molecule has 4 fully saturated rings. The molecule has 30 heavy (non-hydrogen) atoms. The average Bonchev–Trinajstić information content (AvgIpc) is 3.05. The Bertz CT molecular complexity index is 745. The molecule has 168 valence electrons. The van der Waals surface area contributed by atoms with Crippen LogP contribution < -0.4 is 0 Å². The molecular formula is C27H43NO2. The van der Waals surface area contributed by atoms with Gasteiger partial charge in [-0.25, -0.2) is 9.78 Å². The van der Waals surface area contributed by atoms with Crippen molar-refractivity contribution in [2.45, 2.75) is 110 Å². The average molecular weight is 414 g/mol. The molecule has 2 bridgehead atoms. The Morgan fingerprint density at radius 1 is 1.00 bits per heavy atom. The number of fused-ring (bicyclic) bond motifs is 2. The molecule has 0 radical (unpaired) electrons. The van der Waals surface area contributed by atoms with Crippen LogP contribution in [0.25, 0.3) is 0 Å². The Hall–Kier alpha value is -0.670. The van der Waals surface area contributed by atoms with Crippen LogP contribution >= 0.6 is 0 Å². The van der Waals surface area contributed by atoms with Crippen LogP contribution in [0.15, 0.2) is 12.2 Å². The molecule has 8 atom stereocenters. The molecule has 6 unspecified atom stereocenters. The Labute approximate surface area is 183 Å². The Balaban J connectivity index is 1.43. The van der Waals surface area contributed by atoms with Gasteiger partial charge in [0.15, 0.2) is 0 Å². The van der Waals surface area contributed by atoms with Crippen molar-refractivity contribution in [2.24, 2.45) is 40.4 Å². The van der Waals surface area contributed by atoms with E-state index in [-0.39, 0.29) is 11.0 Å². The summed E-state index contributed by atoms with van der Waals surface area (Å²) in [5, 5.41) is 8.31. The van der Waals surface area contributed by atoms with Crippen LogP contribution in [-0.2, 0) is 9.78 Å². The number of hydrogen-bond donors (Lipinski definition) is 1. The van der Waals surface area contributed by atoms with Gasteiger partial charge in [0.25, 0.3) is 0 Å². The van der Waals surface area contributed by atoms with Gasteiger partial charge < -0.3 is 5.41 Å². The number of rotatable bonds is 5. The molecule has 0 aromatic carbocycles. The van der Waals surface area contributed by atoms with Gasteiger partial charge >= 0.3 is 0 Å². The monoisotopic (exact) mass is 413 g/mol. The molecule has 6 aliphatic rings. The van der Waals surface area contributed by atoms with Gasteiger partial charge in [0.1, 0.15) is 11.2 Å². The van der Waals surface area contributed by atoms with E-state index >= 15 is 0 Å². The standard InChI is InChI=1S/C27H43NO2/c1-18(2)7-6-8-19(3)21-9-10-22-24(21,4)13-12-23-25(5)14-11-20(28)17-26(25)15-16-27(22,23)30-29-26/h15-16,18-19,21-23,28H,6-14,17H2,1-5H3/t19?,21?,22?,23?,24-,25-,26?,27?/m1/s1. The maximum atomic E-state index is 8.31. The number of nitrogens with one attached hydrogen (secondary N) is 1. The summed E-state index contributed by atoms with van der Waals surface area (Å²) in [4.78, 5) is 12.8. The summed E-state index contributed by atoms with van der Waals surface area (Å²) >= 11 is 0. The minimum Gasteiger partial charge on any atom is -0.310 e. The molecule has 2 spiro atoms. The lowest BCUT2D eigenvalue weighted by Gasteiger charge is -2.69. The molecule has 6 rings (SSSR count). The Kier molecular flexibility index (Phi) is 4.88. The zero-order valence-corrected chi connectivity index (χ0v) is 19.9. The van der Waals surface area contributed by atoms with Crippen molar-refractivity contribution < 1.29 is 9.78 Å². The van der Waals surface area contributed by atoms with Crippen LogP contribution in [0.1, 0.15) is 98.8 Å². The third-order valence-corrected chi connectivity index (χ3v) is 10.7. The Morgan fingerprint density at radius 3 is 2.50 bits per heavy atom. The van der Waals surface area contributed by atoms with E-state index < -0.39 is 5.60 Å². The first kappa shape index (κ1) is 21.2. The summed E-state index contributed by atoms with van der Waals surface area (Å²) in [5.74, 6) is 3.52. The summed E-state index contributed by atoms with van der Waals surface area (Å²) < 4.78 is 0. The smallest absolute Gasteiger partial charge is 0.133 e. The van der Waals surface area contributed by atoms with E-state index in [1.165, 1.54) is 44.9 Å². The van der Waals surface area contributed by atoms with Gasteiger partial charge in [-0.2, -0.15) is 0 Å². The highest BCUT2D eigenvalue weighted by Crippen LogP contribution is 2.72. The lowest BCUT2D eigenvalue weighted by atomic mass is 9.43. The van der Waals surface area contributed by atoms with E-state index in [0.717, 1.165) is 36.3 Å². The van der Waals surface area contributed by atoms with Gasteiger partial charge in [0.2, 0.25) is 0 Å². The first-order chi connectivity index (χ1) is 14.2. The second kappa shape index (κ2) is 6.91. The summed E-state index contributed by atoms with van der Waals surface area (Å²) in [6.45, 7) is 12.3. The van der Waals surface area contributed by atoms with Gasteiger partial charge in [-0.05, 0) is 67.8 Å². The Morgan fingerprint density at radius 2 is 1.80 bits per heavy atom. The predicted molar refractivity (Wildman–Crippen MR) is 121 cm³/mol. The normalized spacial score (nSPS) is 50.3. The van der Waals surface area contributed by atoms with E-state index in [1.807, 2.05) is 0 Å². The molecule has 3 nitrogen and oxygen atoms in total. The molecule has 1 N–H and O–H groups in total. The molecule has 4 aliphatic carbocycles. The van der Waals surface area contributed by atoms with Gasteiger partial charge in [-0.15, -0.1) is 0 Å². The molecule has 0 amide bonds. The molecule has 2 heterocycles. The summed E-state index contributed by atoms with van der Waals surface area (Å²) in [6.07, 6.45) is 16.8. The van der Waals surface area contributed by atoms with Crippen LogP contribution in [0.4, 0.5) is 0 Å². The largest absolute Gasteiger partial charge is 0.310 e. The fraction of sp³-hybridized carbons (Fsp3) is 0.889. The topological polar surface area (TPSA) is 42.3 Å². The molecule has 2 aliphatic heterocycles. The first-order valence-corrected chi connectivity index (χ1v) is 12.8. The van der Waals surface area contributed by atoms with E-state index in [0.29, 0.717) is 23.7 Å². The summed E-state index contributed by atoms with van der Waals surface area (Å²) in [7, 11) is 0. The van der Waals surface area contributed by atoms with Crippen molar-refractivity contribution >= 4 is 5.71 Å². The maximum absolute atomic E-state index is 8.31. The molecule has 0 aromatic heterocycles. The third-order valence-electron chi connectivity index (χ3n) is 10.7. The quantitative estimate of drug-likeness (QED) is 0.385. The second-order valence-electron chi connectivity index (χ2n) is 12.6. The second-order valence-corrected chi connectivity index (χ2v) is 12.6. The van der Waals surface area contributed by atoms with Crippen LogP contribution in [0, 0.1) is 45.8 Å². The predicted octanol–water partition coefficient (Wildman–Crippen LogP) is 7.11. The highest BCUT2D eigenvalue weighted by atomic mass is 17.2. The van der Waals surface area contributed by atoms with Crippen LogP contribution in [0.5, 0.6) is 0 Å². The minimum atomic E-state index is -0.398. The SMILES string of the molecule is CC(C)CCCC(C)C1CCC2C34C=CC5(CC(=N)CC[C@]5(C)C3CC[C@]12C)OO4. The lowest BCUT2D eigenvalue weighted by Crippen LogP contribution is -2.73. The highest BCUT2D eigenvalue weighted by molar-refractivity contribution is 5.84. The molecular weight excluding hydrogens is 370 g/mol. The van der Waals surface area contributed by atoms with E-state index in [1.54, 1.807) is 0 Å². The van der Waals surface area contributed by atoms with E-state index in [4.69, 9.17) is 15.2 Å². The van der Waals surface area contributed by atoms with Gasteiger partial charge in [0.05, 0.1) is 0 Å². The van der Waals surface area contributed by atoms with E-state index in [2.05, 4.69) is 46.8 Å². The molecule has 3 saturated carbocycles. The van der Waals surface area contributed by atoms with Crippen molar-refractivity contribution in [3.8, 4) is 0 Å². The van der Waals surface area contributed by atoms with Gasteiger partial charge in [0, 0.05) is 29.4 Å². The van der Waals surface area contributed by atoms with Gasteiger partial charge in [-0.3, -0.25) is 0 Å². The van der Waals surface area contributed by atoms with Crippen molar-refractivity contribution in [1.82, 2.24) is 0 Å². The van der Waals surface area contributed by atoms with Crippen LogP contribution in [0.2, 0.25) is 0 Å². The van der Waals surface area contributed by atoms with Crippen molar-refractivity contribution in [2.75, 3.05) is 0 Å². The van der Waals surface area contributed by atoms with Crippen LogP contribution in [0.3, 0.4) is 0 Å². The molecule has 3 heteroatoms. The highest BCUT2D eigenvalue weighted by Gasteiger charge is 2.74. The third kappa shape index (κ3) is 2.66. The summed E-state index contributed by atoms with van der Waals surface area (Å²) in [5.41, 5.74) is 0.649. The first-order valence-electron chi connectivity index (χ1n) is 12.8. The van der Waals surface area contributed by atoms with Crippen molar-refractivity contribution in [1.29, 1.82) is 5.41 Å². The van der Waals surface area contributed by atoms with Crippen LogP contribution in [-0.4, -0.2) is 16.9 Å². The van der Waals surface area contributed by atoms with E-state index in [9.17, 15) is 0 Å². The van der Waals surface area contributed by atoms with Gasteiger partial charge in [-0.1, -0.05) is 60.0 Å². The summed E-state index contributed by atoms with van der Waals surface area (Å²) in [6, 6.07) is 0. The zero-order chi connectivity index (χ0) is 21.4. The molecule has 1 saturated heterocycles. The fourth-order valence-corrected chi connectivity index (χ4v) is 8.98.